The molecule has 0 aliphatic carbocycles. The lowest BCUT2D eigenvalue weighted by atomic mass is 10.2. The van der Waals surface area contributed by atoms with Gasteiger partial charge in [0.2, 0.25) is 0 Å². The van der Waals surface area contributed by atoms with Gasteiger partial charge in [0.1, 0.15) is 5.60 Å². The Morgan fingerprint density at radius 2 is 1.79 bits per heavy atom. The Labute approximate surface area is 108 Å². The van der Waals surface area contributed by atoms with Gasteiger partial charge in [-0.25, -0.2) is 29.0 Å². The van der Waals surface area contributed by atoms with E-state index < -0.39 is 42.4 Å². The Morgan fingerprint density at radius 1 is 1.26 bits per heavy atom. The Hall–Kier alpha value is -2.32. The summed E-state index contributed by atoms with van der Waals surface area (Å²) in [7, 11) is 0. The van der Waals surface area contributed by atoms with E-state index in [1.54, 1.807) is 20.8 Å². The van der Waals surface area contributed by atoms with Crippen LogP contribution in [0, 0.1) is 0 Å². The molecule has 0 aromatic rings. The summed E-state index contributed by atoms with van der Waals surface area (Å²) in [5.41, 5.74) is -0.882. The zero-order valence-corrected chi connectivity index (χ0v) is 10.6. The van der Waals surface area contributed by atoms with Gasteiger partial charge in [0.25, 0.3) is 0 Å². The molecule has 2 N–H and O–H groups in total. The molecule has 0 aromatic carbocycles. The predicted octanol–water partition coefficient (Wildman–Crippen LogP) is 0.790. The third kappa shape index (κ3) is 3.12. The third-order valence-electron chi connectivity index (χ3n) is 2.21. The number of carboxylic acids is 1. The van der Waals surface area contributed by atoms with Gasteiger partial charge in [-0.1, -0.05) is 0 Å². The number of carbonyl (C=O) groups excluding carboxylic acids is 2. The number of amides is 4. The second kappa shape index (κ2) is 4.75. The molecule has 1 saturated heterocycles. The largest absolute Gasteiger partial charge is 0.480 e. The van der Waals surface area contributed by atoms with Crippen molar-refractivity contribution in [2.24, 2.45) is 0 Å². The van der Waals surface area contributed by atoms with Crippen molar-refractivity contribution in [3.05, 3.63) is 0 Å². The van der Waals surface area contributed by atoms with Crippen molar-refractivity contribution in [3.8, 4) is 0 Å². The molecule has 0 spiro atoms. The molecule has 4 amide bonds. The maximum Gasteiger partial charge on any atom is 0.418 e. The summed E-state index contributed by atoms with van der Waals surface area (Å²) < 4.78 is 4.90. The van der Waals surface area contributed by atoms with Gasteiger partial charge in [-0.2, -0.15) is 0 Å². The van der Waals surface area contributed by atoms with E-state index in [2.05, 4.69) is 0 Å². The minimum absolute atomic E-state index is 0.0895. The smallest absolute Gasteiger partial charge is 0.418 e. The fourth-order valence-electron chi connectivity index (χ4n) is 1.47. The first-order chi connectivity index (χ1) is 8.54. The van der Waals surface area contributed by atoms with Gasteiger partial charge in [-0.3, -0.25) is 0 Å². The van der Waals surface area contributed by atoms with Crippen LogP contribution in [0.25, 0.3) is 0 Å². The highest BCUT2D eigenvalue weighted by Crippen LogP contribution is 2.20. The van der Waals surface area contributed by atoms with Crippen LogP contribution in [-0.2, 0) is 9.53 Å². The first kappa shape index (κ1) is 14.7. The highest BCUT2D eigenvalue weighted by atomic mass is 16.6. The Balaban J connectivity index is 2.95. The van der Waals surface area contributed by atoms with Crippen molar-refractivity contribution < 1.29 is 34.1 Å². The van der Waals surface area contributed by atoms with E-state index in [0.717, 1.165) is 0 Å². The average Bonchev–Trinajstić information content (AvgIpc) is 2.53. The maximum atomic E-state index is 11.7. The Kier molecular flexibility index (Phi) is 3.68. The molecule has 1 heterocycles. The van der Waals surface area contributed by atoms with Crippen molar-refractivity contribution in [2.45, 2.75) is 32.4 Å². The number of urea groups is 1. The number of aliphatic carboxylic acids is 1. The van der Waals surface area contributed by atoms with E-state index >= 15 is 0 Å². The fraction of sp³-hybridized carbons (Fsp3) is 0.600. The van der Waals surface area contributed by atoms with Crippen molar-refractivity contribution in [2.75, 3.05) is 6.54 Å². The Bertz CT molecular complexity index is 440. The lowest BCUT2D eigenvalue weighted by Gasteiger charge is -2.22. The van der Waals surface area contributed by atoms with Crippen molar-refractivity contribution in [1.29, 1.82) is 0 Å². The SMILES string of the molecule is CC(C)(C)OC(=O)N1CC(C(=O)O)N(C(=O)O)C1=O. The van der Waals surface area contributed by atoms with Crippen molar-refractivity contribution >= 4 is 24.2 Å². The zero-order chi connectivity index (χ0) is 15.0. The van der Waals surface area contributed by atoms with E-state index in [4.69, 9.17) is 14.9 Å². The van der Waals surface area contributed by atoms with Crippen LogP contribution in [0.3, 0.4) is 0 Å². The van der Waals surface area contributed by atoms with Crippen LogP contribution in [0.15, 0.2) is 0 Å². The summed E-state index contributed by atoms with van der Waals surface area (Å²) in [6.07, 6.45) is -2.81. The summed E-state index contributed by atoms with van der Waals surface area (Å²) in [6.45, 7) is 4.12. The average molecular weight is 274 g/mol. The van der Waals surface area contributed by atoms with E-state index in [-0.39, 0.29) is 4.90 Å². The van der Waals surface area contributed by atoms with Gasteiger partial charge in [0.05, 0.1) is 6.54 Å². The molecule has 106 valence electrons. The van der Waals surface area contributed by atoms with Gasteiger partial charge in [0.15, 0.2) is 6.04 Å². The molecule has 9 nitrogen and oxygen atoms in total. The number of hydrogen-bond donors (Lipinski definition) is 2. The Morgan fingerprint density at radius 3 is 2.11 bits per heavy atom. The minimum atomic E-state index is -1.73. The molecule has 1 fully saturated rings. The third-order valence-corrected chi connectivity index (χ3v) is 2.21. The number of carbonyl (C=O) groups is 4. The molecule has 0 saturated carbocycles. The summed E-state index contributed by atoms with van der Waals surface area (Å²) >= 11 is 0. The molecule has 0 aromatic heterocycles. The molecule has 19 heavy (non-hydrogen) atoms. The van der Waals surface area contributed by atoms with Gasteiger partial charge in [-0.05, 0) is 20.8 Å². The van der Waals surface area contributed by atoms with Crippen LogP contribution in [-0.4, -0.2) is 62.4 Å². The van der Waals surface area contributed by atoms with Gasteiger partial charge in [0, 0.05) is 0 Å². The van der Waals surface area contributed by atoms with E-state index in [9.17, 15) is 19.2 Å². The van der Waals surface area contributed by atoms with Crippen LogP contribution in [0.2, 0.25) is 0 Å². The maximum absolute atomic E-state index is 11.7. The van der Waals surface area contributed by atoms with E-state index in [1.807, 2.05) is 0 Å². The predicted molar refractivity (Wildman–Crippen MR) is 59.6 cm³/mol. The number of rotatable bonds is 1. The lowest BCUT2D eigenvalue weighted by Crippen LogP contribution is -2.43. The molecule has 1 rings (SSSR count). The quantitative estimate of drug-likeness (QED) is 0.724. The monoisotopic (exact) mass is 274 g/mol. The van der Waals surface area contributed by atoms with Gasteiger partial charge in [-0.15, -0.1) is 0 Å². The van der Waals surface area contributed by atoms with E-state index in [1.165, 1.54) is 0 Å². The fourth-order valence-corrected chi connectivity index (χ4v) is 1.47. The topological polar surface area (TPSA) is 124 Å². The summed E-state index contributed by atoms with van der Waals surface area (Å²) in [6, 6.07) is -2.85. The number of hydrogen-bond acceptors (Lipinski definition) is 5. The molecular weight excluding hydrogens is 260 g/mol. The van der Waals surface area contributed by atoms with Crippen LogP contribution >= 0.6 is 0 Å². The number of imide groups is 2. The second-order valence-corrected chi connectivity index (χ2v) is 4.88. The molecule has 0 bridgehead atoms. The number of nitrogens with zero attached hydrogens (tertiary/aromatic N) is 2. The van der Waals surface area contributed by atoms with Crippen LogP contribution in [0.5, 0.6) is 0 Å². The molecule has 1 aliphatic rings. The van der Waals surface area contributed by atoms with Gasteiger partial charge < -0.3 is 14.9 Å². The van der Waals surface area contributed by atoms with E-state index in [0.29, 0.717) is 4.90 Å². The van der Waals surface area contributed by atoms with Crippen LogP contribution < -0.4 is 0 Å². The normalized spacial score (nSPS) is 19.5. The molecule has 9 heteroatoms. The minimum Gasteiger partial charge on any atom is -0.480 e. The zero-order valence-electron chi connectivity index (χ0n) is 10.6. The molecule has 1 atom stereocenters. The summed E-state index contributed by atoms with van der Waals surface area (Å²) in [4.78, 5) is 45.6. The second-order valence-electron chi connectivity index (χ2n) is 4.88. The van der Waals surface area contributed by atoms with Crippen molar-refractivity contribution in [1.82, 2.24) is 9.80 Å². The van der Waals surface area contributed by atoms with Gasteiger partial charge >= 0.3 is 24.2 Å². The summed E-state index contributed by atoms with van der Waals surface area (Å²) in [5, 5.41) is 17.6. The number of ether oxygens (including phenoxy) is 1. The summed E-state index contributed by atoms with van der Waals surface area (Å²) in [5.74, 6) is -1.51. The molecule has 1 unspecified atom stereocenters. The first-order valence-corrected chi connectivity index (χ1v) is 5.34. The standard InChI is InChI=1S/C10H14N2O7/c1-10(2,3)19-9(18)11-4-5(6(13)14)12(7(11)15)8(16)17/h5H,4H2,1-3H3,(H,13,14)(H,16,17). The van der Waals surface area contributed by atoms with Crippen LogP contribution in [0.1, 0.15) is 20.8 Å². The lowest BCUT2D eigenvalue weighted by molar-refractivity contribution is -0.140. The first-order valence-electron chi connectivity index (χ1n) is 5.34. The molecule has 1 aliphatic heterocycles. The van der Waals surface area contributed by atoms with Crippen LogP contribution in [0.4, 0.5) is 14.4 Å². The molecule has 0 radical (unpaired) electrons. The number of carboxylic acid groups (broad SMARTS) is 2. The highest BCUT2D eigenvalue weighted by Gasteiger charge is 2.49. The highest BCUT2D eigenvalue weighted by molar-refractivity contribution is 6.04. The van der Waals surface area contributed by atoms with Crippen molar-refractivity contribution in [3.63, 3.8) is 0 Å². The molecular formula is C10H14N2O7.